The van der Waals surface area contributed by atoms with Crippen LogP contribution in [0.1, 0.15) is 19.7 Å². The van der Waals surface area contributed by atoms with Gasteiger partial charge in [0.15, 0.2) is 11.5 Å². The first-order valence-electron chi connectivity index (χ1n) is 5.84. The van der Waals surface area contributed by atoms with Crippen LogP contribution in [0.3, 0.4) is 0 Å². The van der Waals surface area contributed by atoms with Gasteiger partial charge in [-0.1, -0.05) is 6.07 Å². The SMILES string of the molecule is CC(C)OCC(=O)NCc1nnc2ccccn12. The second-order valence-electron chi connectivity index (χ2n) is 4.18. The molecule has 2 heterocycles. The van der Waals surface area contributed by atoms with Crippen LogP contribution in [0.5, 0.6) is 0 Å². The van der Waals surface area contributed by atoms with E-state index in [2.05, 4.69) is 15.5 Å². The van der Waals surface area contributed by atoms with Gasteiger partial charge in [-0.2, -0.15) is 0 Å². The van der Waals surface area contributed by atoms with Gasteiger partial charge in [0.2, 0.25) is 5.91 Å². The van der Waals surface area contributed by atoms with E-state index < -0.39 is 0 Å². The van der Waals surface area contributed by atoms with Crippen molar-refractivity contribution in [2.45, 2.75) is 26.5 Å². The van der Waals surface area contributed by atoms with Crippen molar-refractivity contribution in [3.8, 4) is 0 Å². The van der Waals surface area contributed by atoms with Crippen molar-refractivity contribution in [1.29, 1.82) is 0 Å². The van der Waals surface area contributed by atoms with E-state index in [1.807, 2.05) is 42.6 Å². The largest absolute Gasteiger partial charge is 0.369 e. The van der Waals surface area contributed by atoms with Crippen LogP contribution in [0.15, 0.2) is 24.4 Å². The van der Waals surface area contributed by atoms with Crippen LogP contribution in [0.25, 0.3) is 5.65 Å². The van der Waals surface area contributed by atoms with Crippen molar-refractivity contribution in [3.63, 3.8) is 0 Å². The standard InChI is InChI=1S/C12H16N4O2/c1-9(2)18-8-12(17)13-7-11-15-14-10-5-3-4-6-16(10)11/h3-6,9H,7-8H2,1-2H3,(H,13,17). The van der Waals surface area contributed by atoms with E-state index in [0.29, 0.717) is 12.4 Å². The van der Waals surface area contributed by atoms with Gasteiger partial charge in [-0.15, -0.1) is 10.2 Å². The van der Waals surface area contributed by atoms with Gasteiger partial charge in [0.25, 0.3) is 0 Å². The van der Waals surface area contributed by atoms with E-state index in [1.54, 1.807) is 0 Å². The molecule has 2 rings (SSSR count). The highest BCUT2D eigenvalue weighted by atomic mass is 16.5. The van der Waals surface area contributed by atoms with Crippen molar-refractivity contribution in [3.05, 3.63) is 30.2 Å². The number of fused-ring (bicyclic) bond motifs is 1. The number of nitrogens with one attached hydrogen (secondary N) is 1. The zero-order chi connectivity index (χ0) is 13.0. The lowest BCUT2D eigenvalue weighted by atomic mass is 10.4. The summed E-state index contributed by atoms with van der Waals surface area (Å²) in [5.41, 5.74) is 0.764. The smallest absolute Gasteiger partial charge is 0.246 e. The number of aromatic nitrogens is 3. The Kier molecular flexibility index (Phi) is 3.88. The highest BCUT2D eigenvalue weighted by Crippen LogP contribution is 2.02. The van der Waals surface area contributed by atoms with E-state index in [9.17, 15) is 4.79 Å². The fraction of sp³-hybridized carbons (Fsp3) is 0.417. The minimum absolute atomic E-state index is 0.0460. The number of ether oxygens (including phenoxy) is 1. The third-order valence-corrected chi connectivity index (χ3v) is 2.38. The van der Waals surface area contributed by atoms with Crippen LogP contribution in [0.4, 0.5) is 0 Å². The average molecular weight is 248 g/mol. The molecule has 0 atom stereocenters. The second kappa shape index (κ2) is 5.59. The third kappa shape index (κ3) is 3.04. The summed E-state index contributed by atoms with van der Waals surface area (Å²) in [4.78, 5) is 11.5. The predicted octanol–water partition coefficient (Wildman–Crippen LogP) is 0.770. The summed E-state index contributed by atoms with van der Waals surface area (Å²) >= 11 is 0. The molecule has 0 aliphatic heterocycles. The lowest BCUT2D eigenvalue weighted by molar-refractivity contribution is -0.127. The minimum Gasteiger partial charge on any atom is -0.369 e. The van der Waals surface area contributed by atoms with E-state index in [4.69, 9.17) is 4.74 Å². The second-order valence-corrected chi connectivity index (χ2v) is 4.18. The summed E-state index contributed by atoms with van der Waals surface area (Å²) < 4.78 is 7.04. The van der Waals surface area contributed by atoms with Gasteiger partial charge in [-0.25, -0.2) is 0 Å². The Hall–Kier alpha value is -1.95. The van der Waals surface area contributed by atoms with Crippen LogP contribution in [0.2, 0.25) is 0 Å². The number of carbonyl (C=O) groups excluding carboxylic acids is 1. The average Bonchev–Trinajstić information content (AvgIpc) is 2.77. The molecule has 6 nitrogen and oxygen atoms in total. The fourth-order valence-corrected chi connectivity index (χ4v) is 1.48. The van der Waals surface area contributed by atoms with Gasteiger partial charge in [0.05, 0.1) is 12.6 Å². The van der Waals surface area contributed by atoms with E-state index >= 15 is 0 Å². The van der Waals surface area contributed by atoms with Crippen LogP contribution in [0, 0.1) is 0 Å². The Morgan fingerprint density at radius 1 is 1.44 bits per heavy atom. The Bertz CT molecular complexity index is 536. The van der Waals surface area contributed by atoms with E-state index in [1.165, 1.54) is 0 Å². The molecule has 0 spiro atoms. The highest BCUT2D eigenvalue weighted by Gasteiger charge is 2.07. The molecule has 0 aliphatic rings. The first-order chi connectivity index (χ1) is 8.66. The van der Waals surface area contributed by atoms with Crippen LogP contribution >= 0.6 is 0 Å². The number of nitrogens with zero attached hydrogens (tertiary/aromatic N) is 3. The number of pyridine rings is 1. The Morgan fingerprint density at radius 2 is 2.28 bits per heavy atom. The molecule has 18 heavy (non-hydrogen) atoms. The van der Waals surface area contributed by atoms with Gasteiger partial charge < -0.3 is 10.1 Å². The van der Waals surface area contributed by atoms with Gasteiger partial charge in [0, 0.05) is 6.20 Å². The summed E-state index contributed by atoms with van der Waals surface area (Å²) in [6.45, 7) is 4.18. The lowest BCUT2D eigenvalue weighted by Crippen LogP contribution is -2.29. The zero-order valence-electron chi connectivity index (χ0n) is 10.5. The van der Waals surface area contributed by atoms with Crippen LogP contribution in [-0.4, -0.2) is 33.2 Å². The fourth-order valence-electron chi connectivity index (χ4n) is 1.48. The zero-order valence-corrected chi connectivity index (χ0v) is 10.5. The Balaban J connectivity index is 1.92. The molecule has 0 radical (unpaired) electrons. The van der Waals surface area contributed by atoms with Crippen molar-refractivity contribution in [2.75, 3.05) is 6.61 Å². The molecule has 2 aromatic heterocycles. The van der Waals surface area contributed by atoms with Crippen molar-refractivity contribution in [1.82, 2.24) is 19.9 Å². The quantitative estimate of drug-likeness (QED) is 0.848. The summed E-state index contributed by atoms with van der Waals surface area (Å²) in [6.07, 6.45) is 1.91. The molecule has 6 heteroatoms. The molecular weight excluding hydrogens is 232 g/mol. The molecule has 0 unspecified atom stereocenters. The maximum Gasteiger partial charge on any atom is 0.246 e. The van der Waals surface area contributed by atoms with Crippen molar-refractivity contribution in [2.24, 2.45) is 0 Å². The summed E-state index contributed by atoms with van der Waals surface area (Å²) in [5, 5.41) is 10.8. The maximum atomic E-state index is 11.5. The summed E-state index contributed by atoms with van der Waals surface area (Å²) in [7, 11) is 0. The molecule has 0 saturated carbocycles. The van der Waals surface area contributed by atoms with E-state index in [0.717, 1.165) is 5.65 Å². The predicted molar refractivity (Wildman–Crippen MR) is 65.9 cm³/mol. The number of rotatable bonds is 5. The number of carbonyl (C=O) groups is 1. The normalized spacial score (nSPS) is 11.1. The Morgan fingerprint density at radius 3 is 3.06 bits per heavy atom. The molecule has 1 amide bonds. The molecular formula is C12H16N4O2. The molecule has 0 aromatic carbocycles. The molecule has 0 bridgehead atoms. The molecule has 0 aliphatic carbocycles. The van der Waals surface area contributed by atoms with Crippen LogP contribution in [-0.2, 0) is 16.1 Å². The summed E-state index contributed by atoms with van der Waals surface area (Å²) in [6, 6.07) is 5.65. The minimum atomic E-state index is -0.156. The Labute approximate surface area is 105 Å². The van der Waals surface area contributed by atoms with Gasteiger partial charge >= 0.3 is 0 Å². The van der Waals surface area contributed by atoms with Crippen LogP contribution < -0.4 is 5.32 Å². The summed E-state index contributed by atoms with van der Waals surface area (Å²) in [5.74, 6) is 0.542. The topological polar surface area (TPSA) is 68.5 Å². The first kappa shape index (κ1) is 12.5. The van der Waals surface area contributed by atoms with Gasteiger partial charge in [-0.3, -0.25) is 9.20 Å². The number of amides is 1. The lowest BCUT2D eigenvalue weighted by Gasteiger charge is -2.07. The van der Waals surface area contributed by atoms with Gasteiger partial charge in [0.1, 0.15) is 6.61 Å². The molecule has 96 valence electrons. The molecule has 2 aromatic rings. The highest BCUT2D eigenvalue weighted by molar-refractivity contribution is 5.77. The van der Waals surface area contributed by atoms with E-state index in [-0.39, 0.29) is 18.6 Å². The van der Waals surface area contributed by atoms with Crippen molar-refractivity contribution < 1.29 is 9.53 Å². The third-order valence-electron chi connectivity index (χ3n) is 2.38. The monoisotopic (exact) mass is 248 g/mol. The number of hydrogen-bond donors (Lipinski definition) is 1. The first-order valence-corrected chi connectivity index (χ1v) is 5.84. The molecule has 1 N–H and O–H groups in total. The molecule has 0 saturated heterocycles. The van der Waals surface area contributed by atoms with Crippen molar-refractivity contribution >= 4 is 11.6 Å². The number of hydrogen-bond acceptors (Lipinski definition) is 4. The molecule has 0 fully saturated rings. The maximum absolute atomic E-state index is 11.5. The van der Waals surface area contributed by atoms with Gasteiger partial charge in [-0.05, 0) is 26.0 Å².